The van der Waals surface area contributed by atoms with Gasteiger partial charge in [-0.05, 0) is 49.4 Å². The molecule has 0 aliphatic carbocycles. The molecule has 0 heterocycles. The lowest BCUT2D eigenvalue weighted by molar-refractivity contribution is -0.139. The number of methoxy groups -OCH3 is 1. The summed E-state index contributed by atoms with van der Waals surface area (Å²) in [5.41, 5.74) is 2.14. The van der Waals surface area contributed by atoms with Gasteiger partial charge in [-0.1, -0.05) is 56.7 Å². The van der Waals surface area contributed by atoms with Crippen LogP contribution in [0.3, 0.4) is 0 Å². The zero-order valence-corrected chi connectivity index (χ0v) is 22.8. The number of ether oxygens (including phenoxy) is 1. The molecule has 0 saturated heterocycles. The Balaban J connectivity index is 2.40. The van der Waals surface area contributed by atoms with Gasteiger partial charge >= 0.3 is 0 Å². The first-order valence-electron chi connectivity index (χ1n) is 12.4. The third-order valence-corrected chi connectivity index (χ3v) is 7.11. The highest BCUT2D eigenvalue weighted by atomic mass is 32.2. The van der Waals surface area contributed by atoms with E-state index >= 15 is 0 Å². The van der Waals surface area contributed by atoms with Crippen LogP contribution < -0.4 is 14.4 Å². The van der Waals surface area contributed by atoms with E-state index in [9.17, 15) is 18.0 Å². The summed E-state index contributed by atoms with van der Waals surface area (Å²) in [6.45, 7) is 6.11. The largest absolute Gasteiger partial charge is 0.495 e. The number of rotatable bonds is 14. The van der Waals surface area contributed by atoms with E-state index in [1.807, 2.05) is 57.2 Å². The number of hydrogen-bond donors (Lipinski definition) is 1. The molecule has 1 N–H and O–H groups in total. The van der Waals surface area contributed by atoms with Crippen molar-refractivity contribution in [2.24, 2.45) is 0 Å². The van der Waals surface area contributed by atoms with E-state index in [0.717, 1.165) is 34.5 Å². The Morgan fingerprint density at radius 1 is 1.08 bits per heavy atom. The second-order valence-corrected chi connectivity index (χ2v) is 10.7. The summed E-state index contributed by atoms with van der Waals surface area (Å²) >= 11 is 0. The van der Waals surface area contributed by atoms with Crippen molar-refractivity contribution in [3.63, 3.8) is 0 Å². The second-order valence-electron chi connectivity index (χ2n) is 8.84. The van der Waals surface area contributed by atoms with Gasteiger partial charge in [0.05, 0.1) is 19.1 Å². The molecule has 0 saturated carbocycles. The Labute approximate surface area is 215 Å². The lowest BCUT2D eigenvalue weighted by Crippen LogP contribution is -2.53. The molecule has 0 aromatic heterocycles. The summed E-state index contributed by atoms with van der Waals surface area (Å²) in [7, 11) is -2.37. The standard InChI is InChI=1S/C27H39N3O5S/c1-6-8-17-28-27(32)23(7-2)29(18-16-22-12-10-9-11-13-22)26(31)20-30(36(5,33)34)24-19-21(3)14-15-25(24)35-4/h9-15,19,23H,6-8,16-18,20H2,1-5H3,(H,28,32)/t23-/m0/s1. The first-order valence-corrected chi connectivity index (χ1v) is 14.2. The van der Waals surface area contributed by atoms with Gasteiger partial charge in [0.25, 0.3) is 0 Å². The predicted octanol–water partition coefficient (Wildman–Crippen LogP) is 3.54. The quantitative estimate of drug-likeness (QED) is 0.387. The maximum Gasteiger partial charge on any atom is 0.244 e. The molecule has 0 aliphatic heterocycles. The summed E-state index contributed by atoms with van der Waals surface area (Å²) in [6, 6.07) is 14.1. The minimum absolute atomic E-state index is 0.230. The molecule has 2 rings (SSSR count). The summed E-state index contributed by atoms with van der Waals surface area (Å²) in [5.74, 6) is -0.331. The van der Waals surface area contributed by atoms with E-state index in [1.54, 1.807) is 12.1 Å². The number of unbranched alkanes of at least 4 members (excludes halogenated alkanes) is 1. The molecule has 198 valence electrons. The van der Waals surface area contributed by atoms with Gasteiger partial charge in [-0.15, -0.1) is 0 Å². The number of carbonyl (C=O) groups is 2. The average molecular weight is 518 g/mol. The molecule has 1 atom stereocenters. The van der Waals surface area contributed by atoms with Crippen LogP contribution in [-0.4, -0.2) is 64.2 Å². The van der Waals surface area contributed by atoms with Gasteiger partial charge in [-0.3, -0.25) is 13.9 Å². The number of amides is 2. The van der Waals surface area contributed by atoms with E-state index in [0.29, 0.717) is 25.1 Å². The van der Waals surface area contributed by atoms with Crippen LogP contribution >= 0.6 is 0 Å². The van der Waals surface area contributed by atoms with Gasteiger partial charge in [0.15, 0.2) is 0 Å². The molecular weight excluding hydrogens is 478 g/mol. The van der Waals surface area contributed by atoms with Crippen LogP contribution in [0.5, 0.6) is 5.75 Å². The highest BCUT2D eigenvalue weighted by Gasteiger charge is 2.32. The normalized spacial score (nSPS) is 12.0. The van der Waals surface area contributed by atoms with Crippen LogP contribution in [0.25, 0.3) is 0 Å². The number of benzene rings is 2. The second kappa shape index (κ2) is 13.9. The van der Waals surface area contributed by atoms with Crippen molar-refractivity contribution in [1.82, 2.24) is 10.2 Å². The molecule has 2 aromatic carbocycles. The minimum atomic E-state index is -3.83. The van der Waals surface area contributed by atoms with Crippen LogP contribution in [0.4, 0.5) is 5.69 Å². The van der Waals surface area contributed by atoms with E-state index in [1.165, 1.54) is 12.0 Å². The average Bonchev–Trinajstić information content (AvgIpc) is 2.84. The summed E-state index contributed by atoms with van der Waals surface area (Å²) in [6.07, 6.45) is 3.79. The third kappa shape index (κ3) is 8.26. The maximum atomic E-state index is 13.7. The van der Waals surface area contributed by atoms with Crippen molar-refractivity contribution in [2.45, 2.75) is 52.5 Å². The molecule has 36 heavy (non-hydrogen) atoms. The van der Waals surface area contributed by atoms with Crippen molar-refractivity contribution in [3.05, 3.63) is 59.7 Å². The summed E-state index contributed by atoms with van der Waals surface area (Å²) in [5, 5.41) is 2.92. The van der Waals surface area contributed by atoms with Gasteiger partial charge in [0.2, 0.25) is 21.8 Å². The lowest BCUT2D eigenvalue weighted by atomic mass is 10.1. The van der Waals surface area contributed by atoms with Crippen LogP contribution in [0.15, 0.2) is 48.5 Å². The molecule has 0 radical (unpaired) electrons. The number of anilines is 1. The van der Waals surface area contributed by atoms with E-state index in [4.69, 9.17) is 4.74 Å². The van der Waals surface area contributed by atoms with E-state index in [-0.39, 0.29) is 18.1 Å². The molecule has 2 aromatic rings. The SMILES string of the molecule is CCCCNC(=O)[C@H](CC)N(CCc1ccccc1)C(=O)CN(c1cc(C)ccc1OC)S(C)(=O)=O. The van der Waals surface area contributed by atoms with Gasteiger partial charge in [-0.25, -0.2) is 8.42 Å². The van der Waals surface area contributed by atoms with Gasteiger partial charge in [0, 0.05) is 13.1 Å². The zero-order valence-electron chi connectivity index (χ0n) is 22.0. The number of nitrogens with one attached hydrogen (secondary N) is 1. The van der Waals surface area contributed by atoms with Crippen LogP contribution in [0.2, 0.25) is 0 Å². The molecule has 0 aliphatic rings. The fourth-order valence-corrected chi connectivity index (χ4v) is 4.84. The van der Waals surface area contributed by atoms with Crippen molar-refractivity contribution in [2.75, 3.05) is 37.3 Å². The van der Waals surface area contributed by atoms with Crippen molar-refractivity contribution in [1.29, 1.82) is 0 Å². The molecule has 8 nitrogen and oxygen atoms in total. The minimum Gasteiger partial charge on any atom is -0.495 e. The fourth-order valence-electron chi connectivity index (χ4n) is 3.99. The number of nitrogens with zero attached hydrogens (tertiary/aromatic N) is 2. The molecule has 0 unspecified atom stereocenters. The Kier molecular flexibility index (Phi) is 11.2. The van der Waals surface area contributed by atoms with Crippen molar-refractivity contribution in [3.8, 4) is 5.75 Å². The molecule has 9 heteroatoms. The Morgan fingerprint density at radius 2 is 1.78 bits per heavy atom. The van der Waals surface area contributed by atoms with Crippen molar-refractivity contribution >= 4 is 27.5 Å². The Hall–Kier alpha value is -3.07. The molecule has 2 amide bonds. The number of carbonyl (C=O) groups excluding carboxylic acids is 2. The number of sulfonamides is 1. The topological polar surface area (TPSA) is 96.0 Å². The van der Waals surface area contributed by atoms with Gasteiger partial charge in [-0.2, -0.15) is 0 Å². The molecule has 0 fully saturated rings. The van der Waals surface area contributed by atoms with Crippen LogP contribution in [0.1, 0.15) is 44.2 Å². The van der Waals surface area contributed by atoms with Crippen LogP contribution in [0, 0.1) is 6.92 Å². The molecule has 0 spiro atoms. The maximum absolute atomic E-state index is 13.7. The van der Waals surface area contributed by atoms with E-state index < -0.39 is 28.5 Å². The first kappa shape index (κ1) is 29.2. The van der Waals surface area contributed by atoms with Gasteiger partial charge in [0.1, 0.15) is 18.3 Å². The van der Waals surface area contributed by atoms with Gasteiger partial charge < -0.3 is 15.0 Å². The fraction of sp³-hybridized carbons (Fsp3) is 0.481. The number of hydrogen-bond acceptors (Lipinski definition) is 5. The lowest BCUT2D eigenvalue weighted by Gasteiger charge is -2.33. The number of aryl methyl sites for hydroxylation is 1. The zero-order chi connectivity index (χ0) is 26.7. The van der Waals surface area contributed by atoms with E-state index in [2.05, 4.69) is 5.32 Å². The summed E-state index contributed by atoms with van der Waals surface area (Å²) in [4.78, 5) is 28.3. The predicted molar refractivity (Wildman–Crippen MR) is 144 cm³/mol. The Morgan fingerprint density at radius 3 is 2.36 bits per heavy atom. The Bertz CT molecular complexity index is 1110. The highest BCUT2D eigenvalue weighted by Crippen LogP contribution is 2.31. The smallest absolute Gasteiger partial charge is 0.244 e. The third-order valence-electron chi connectivity index (χ3n) is 5.98. The highest BCUT2D eigenvalue weighted by molar-refractivity contribution is 7.92. The molecule has 0 bridgehead atoms. The molecular formula is C27H39N3O5S. The van der Waals surface area contributed by atoms with Crippen LogP contribution in [-0.2, 0) is 26.0 Å². The summed E-state index contributed by atoms with van der Waals surface area (Å²) < 4.78 is 32.1. The monoisotopic (exact) mass is 517 g/mol. The first-order chi connectivity index (χ1) is 17.1. The van der Waals surface area contributed by atoms with Crippen molar-refractivity contribution < 1.29 is 22.7 Å².